The summed E-state index contributed by atoms with van der Waals surface area (Å²) in [5.41, 5.74) is 1.26. The maximum atomic E-state index is 13.6. The molecule has 0 aromatic heterocycles. The van der Waals surface area contributed by atoms with Gasteiger partial charge in [-0.05, 0) is 36.2 Å². The SMILES string of the molecule is COc1ccc([C@@H]2[C@H]3C(=O)N(c4c(Cl)cccc4Cl)C(=O)[C@H]3N3CCCN23)cc1. The zero-order chi connectivity index (χ0) is 20.3. The van der Waals surface area contributed by atoms with Gasteiger partial charge in [0.05, 0.1) is 34.8 Å². The number of amides is 2. The van der Waals surface area contributed by atoms with E-state index in [0.717, 1.165) is 30.8 Å². The number of carbonyl (C=O) groups is 2. The zero-order valence-electron chi connectivity index (χ0n) is 15.7. The first-order valence-corrected chi connectivity index (χ1v) is 10.3. The molecule has 3 aliphatic rings. The number of anilines is 1. The van der Waals surface area contributed by atoms with E-state index in [1.807, 2.05) is 29.3 Å². The molecular formula is C21H19Cl2N3O3. The highest BCUT2D eigenvalue weighted by Crippen LogP contribution is 2.50. The van der Waals surface area contributed by atoms with Crippen LogP contribution in [0.15, 0.2) is 42.5 Å². The fourth-order valence-electron chi connectivity index (χ4n) is 4.84. The number of hydrazine groups is 1. The number of fused-ring (bicyclic) bond motifs is 3. The van der Waals surface area contributed by atoms with Gasteiger partial charge in [-0.2, -0.15) is 0 Å². The fraction of sp³-hybridized carbons (Fsp3) is 0.333. The molecule has 0 N–H and O–H groups in total. The molecule has 0 saturated carbocycles. The molecule has 0 spiro atoms. The number of halogens is 2. The van der Waals surface area contributed by atoms with E-state index in [2.05, 4.69) is 5.01 Å². The van der Waals surface area contributed by atoms with Crippen molar-refractivity contribution in [2.75, 3.05) is 25.1 Å². The van der Waals surface area contributed by atoms with Crippen molar-refractivity contribution in [3.63, 3.8) is 0 Å². The number of ether oxygens (including phenoxy) is 1. The van der Waals surface area contributed by atoms with E-state index in [-0.39, 0.29) is 23.5 Å². The van der Waals surface area contributed by atoms with Crippen molar-refractivity contribution in [1.82, 2.24) is 10.0 Å². The predicted octanol–water partition coefficient (Wildman–Crippen LogP) is 3.54. The lowest BCUT2D eigenvalue weighted by atomic mass is 9.90. The van der Waals surface area contributed by atoms with Crippen molar-refractivity contribution in [2.45, 2.75) is 18.5 Å². The quantitative estimate of drug-likeness (QED) is 0.695. The molecular weight excluding hydrogens is 413 g/mol. The van der Waals surface area contributed by atoms with Crippen LogP contribution >= 0.6 is 23.2 Å². The molecule has 3 saturated heterocycles. The lowest BCUT2D eigenvalue weighted by molar-refractivity contribution is -0.126. The van der Waals surface area contributed by atoms with E-state index in [4.69, 9.17) is 27.9 Å². The summed E-state index contributed by atoms with van der Waals surface area (Å²) in [4.78, 5) is 28.2. The van der Waals surface area contributed by atoms with Gasteiger partial charge in [0.2, 0.25) is 5.91 Å². The third-order valence-corrected chi connectivity index (χ3v) is 6.63. The molecule has 6 nitrogen and oxygen atoms in total. The van der Waals surface area contributed by atoms with E-state index in [1.54, 1.807) is 25.3 Å². The van der Waals surface area contributed by atoms with Gasteiger partial charge in [0.1, 0.15) is 11.8 Å². The number of benzene rings is 2. The molecule has 3 fully saturated rings. The van der Waals surface area contributed by atoms with E-state index in [0.29, 0.717) is 10.0 Å². The number of rotatable bonds is 3. The van der Waals surface area contributed by atoms with Crippen LogP contribution in [0.2, 0.25) is 10.0 Å². The predicted molar refractivity (Wildman–Crippen MR) is 110 cm³/mol. The monoisotopic (exact) mass is 431 g/mol. The summed E-state index contributed by atoms with van der Waals surface area (Å²) in [6.45, 7) is 1.56. The molecule has 0 aliphatic carbocycles. The molecule has 2 aromatic rings. The smallest absolute Gasteiger partial charge is 0.253 e. The molecule has 3 atom stereocenters. The molecule has 2 aromatic carbocycles. The van der Waals surface area contributed by atoms with Gasteiger partial charge in [0.25, 0.3) is 5.91 Å². The average molecular weight is 432 g/mol. The van der Waals surface area contributed by atoms with Gasteiger partial charge in [-0.15, -0.1) is 0 Å². The fourth-order valence-corrected chi connectivity index (χ4v) is 5.40. The molecule has 3 aliphatic heterocycles. The molecule has 0 bridgehead atoms. The Morgan fingerprint density at radius 1 is 0.897 bits per heavy atom. The Labute approximate surface area is 178 Å². The van der Waals surface area contributed by atoms with Crippen molar-refractivity contribution < 1.29 is 14.3 Å². The van der Waals surface area contributed by atoms with Crippen LogP contribution in [0.4, 0.5) is 5.69 Å². The third kappa shape index (κ3) is 2.70. The van der Waals surface area contributed by atoms with Crippen LogP contribution in [0.1, 0.15) is 18.0 Å². The molecule has 150 valence electrons. The number of imide groups is 1. The Hall–Kier alpha value is -2.12. The van der Waals surface area contributed by atoms with Crippen LogP contribution in [-0.2, 0) is 9.59 Å². The molecule has 0 unspecified atom stereocenters. The Bertz CT molecular complexity index is 977. The highest BCUT2D eigenvalue weighted by atomic mass is 35.5. The molecule has 29 heavy (non-hydrogen) atoms. The van der Waals surface area contributed by atoms with Crippen LogP contribution in [0.5, 0.6) is 5.75 Å². The largest absolute Gasteiger partial charge is 0.497 e. The first-order chi connectivity index (χ1) is 14.0. The van der Waals surface area contributed by atoms with Crippen LogP contribution in [-0.4, -0.2) is 48.1 Å². The summed E-state index contributed by atoms with van der Waals surface area (Å²) in [5, 5.41) is 4.79. The van der Waals surface area contributed by atoms with Crippen LogP contribution in [0, 0.1) is 5.92 Å². The molecule has 0 radical (unpaired) electrons. The molecule has 5 rings (SSSR count). The number of carbonyl (C=O) groups excluding carboxylic acids is 2. The lowest BCUT2D eigenvalue weighted by Crippen LogP contribution is -2.44. The van der Waals surface area contributed by atoms with Gasteiger partial charge < -0.3 is 4.74 Å². The number of hydrogen-bond acceptors (Lipinski definition) is 5. The second-order valence-electron chi connectivity index (χ2n) is 7.45. The summed E-state index contributed by atoms with van der Waals surface area (Å²) < 4.78 is 5.26. The maximum absolute atomic E-state index is 13.6. The van der Waals surface area contributed by atoms with Crippen LogP contribution in [0.3, 0.4) is 0 Å². The van der Waals surface area contributed by atoms with Crippen molar-refractivity contribution >= 4 is 40.7 Å². The average Bonchev–Trinajstić information content (AvgIpc) is 3.36. The zero-order valence-corrected chi connectivity index (χ0v) is 17.2. The van der Waals surface area contributed by atoms with Gasteiger partial charge in [-0.1, -0.05) is 41.4 Å². The van der Waals surface area contributed by atoms with Gasteiger partial charge in [-0.25, -0.2) is 14.9 Å². The minimum atomic E-state index is -0.538. The van der Waals surface area contributed by atoms with Crippen LogP contribution < -0.4 is 9.64 Å². The summed E-state index contributed by atoms with van der Waals surface area (Å²) in [5.74, 6) is -0.286. The normalized spacial score (nSPS) is 26.9. The van der Waals surface area contributed by atoms with Gasteiger partial charge >= 0.3 is 0 Å². The number of para-hydroxylation sites is 1. The van der Waals surface area contributed by atoms with E-state index >= 15 is 0 Å². The van der Waals surface area contributed by atoms with Crippen molar-refractivity contribution in [1.29, 1.82) is 0 Å². The van der Waals surface area contributed by atoms with E-state index < -0.39 is 12.0 Å². The molecule has 8 heteroatoms. The first kappa shape index (κ1) is 18.9. The van der Waals surface area contributed by atoms with Crippen molar-refractivity contribution in [3.8, 4) is 5.75 Å². The summed E-state index contributed by atoms with van der Waals surface area (Å²) in [7, 11) is 1.62. The number of hydrogen-bond donors (Lipinski definition) is 0. The minimum Gasteiger partial charge on any atom is -0.497 e. The van der Waals surface area contributed by atoms with E-state index in [9.17, 15) is 9.59 Å². The second kappa shape index (κ2) is 6.99. The summed E-state index contributed by atoms with van der Waals surface area (Å²) in [6, 6.07) is 11.9. The van der Waals surface area contributed by atoms with Crippen molar-refractivity contribution in [3.05, 3.63) is 58.1 Å². The van der Waals surface area contributed by atoms with Gasteiger partial charge in [-0.3, -0.25) is 9.59 Å². The second-order valence-corrected chi connectivity index (χ2v) is 8.26. The standard InChI is InChI=1S/C21H19Cl2N3O3/c1-29-13-8-6-12(7-9-13)17-16-19(25-11-3-10-24(17)25)21(28)26(20(16)27)18-14(22)4-2-5-15(18)23/h2,4-9,16-17,19H,3,10-11H2,1H3/t16-,17-,19+/m1/s1. The Morgan fingerprint density at radius 3 is 2.14 bits per heavy atom. The molecule has 2 amide bonds. The number of nitrogens with zero attached hydrogens (tertiary/aromatic N) is 3. The topological polar surface area (TPSA) is 53.1 Å². The first-order valence-electron chi connectivity index (χ1n) is 9.52. The maximum Gasteiger partial charge on any atom is 0.253 e. The third-order valence-electron chi connectivity index (χ3n) is 6.02. The highest BCUT2D eigenvalue weighted by Gasteiger charge is 2.63. The lowest BCUT2D eigenvalue weighted by Gasteiger charge is -2.30. The summed E-state index contributed by atoms with van der Waals surface area (Å²) in [6.07, 6.45) is 0.949. The van der Waals surface area contributed by atoms with Crippen LogP contribution in [0.25, 0.3) is 0 Å². The Balaban J connectivity index is 1.59. The summed E-state index contributed by atoms with van der Waals surface area (Å²) >= 11 is 12.7. The minimum absolute atomic E-state index is 0.212. The van der Waals surface area contributed by atoms with E-state index in [1.165, 1.54) is 4.90 Å². The van der Waals surface area contributed by atoms with Gasteiger partial charge in [0, 0.05) is 13.1 Å². The Morgan fingerprint density at radius 2 is 1.52 bits per heavy atom. The highest BCUT2D eigenvalue weighted by molar-refractivity contribution is 6.42. The van der Waals surface area contributed by atoms with Crippen molar-refractivity contribution in [2.24, 2.45) is 5.92 Å². The Kier molecular flexibility index (Phi) is 4.55. The number of methoxy groups -OCH3 is 1. The van der Waals surface area contributed by atoms with Gasteiger partial charge in [0.15, 0.2) is 0 Å². The molecule has 3 heterocycles.